The van der Waals surface area contributed by atoms with E-state index < -0.39 is 5.82 Å². The fourth-order valence-electron chi connectivity index (χ4n) is 2.22. The molecular weight excluding hydrogens is 339 g/mol. The predicted octanol–water partition coefficient (Wildman–Crippen LogP) is 1.96. The van der Waals surface area contributed by atoms with Gasteiger partial charge in [0.2, 0.25) is 17.7 Å². The van der Waals surface area contributed by atoms with Crippen molar-refractivity contribution in [2.75, 3.05) is 5.73 Å². The van der Waals surface area contributed by atoms with Gasteiger partial charge in [0.15, 0.2) is 11.6 Å². The zero-order valence-electron chi connectivity index (χ0n) is 13.8. The number of nitrogens with two attached hydrogens (primary N) is 1. The molecule has 2 heterocycles. The first-order valence-electron chi connectivity index (χ1n) is 7.91. The van der Waals surface area contributed by atoms with Crippen LogP contribution in [0.15, 0.2) is 42.6 Å². The number of hydrogen-bond donors (Lipinski definition) is 3. The highest BCUT2D eigenvalue weighted by molar-refractivity contribution is 5.76. The van der Waals surface area contributed by atoms with Gasteiger partial charge in [-0.15, -0.1) is 5.10 Å². The van der Waals surface area contributed by atoms with Gasteiger partial charge in [0.25, 0.3) is 0 Å². The quantitative estimate of drug-likeness (QED) is 0.595. The zero-order chi connectivity index (χ0) is 18.4. The number of aromatic nitrogens is 4. The molecule has 134 valence electrons. The number of rotatable bonds is 7. The molecule has 0 atom stereocenters. The Morgan fingerprint density at radius 1 is 1.27 bits per heavy atom. The lowest BCUT2D eigenvalue weighted by Gasteiger charge is -2.11. The van der Waals surface area contributed by atoms with Crippen molar-refractivity contribution >= 4 is 11.9 Å². The minimum absolute atomic E-state index is 0.0710. The zero-order valence-corrected chi connectivity index (χ0v) is 13.8. The van der Waals surface area contributed by atoms with Crippen LogP contribution in [0.3, 0.4) is 0 Å². The molecule has 3 aromatic rings. The maximum atomic E-state index is 13.7. The maximum Gasteiger partial charge on any atom is 0.239 e. The number of carbonyl (C=O) groups excluding carboxylic acids is 1. The number of benzene rings is 1. The van der Waals surface area contributed by atoms with Crippen molar-refractivity contribution in [1.29, 1.82) is 0 Å². The van der Waals surface area contributed by atoms with E-state index in [1.54, 1.807) is 24.3 Å². The second kappa shape index (κ2) is 8.06. The summed E-state index contributed by atoms with van der Waals surface area (Å²) in [6.45, 7) is 0.203. The Labute approximate surface area is 148 Å². The molecule has 0 aliphatic rings. The second-order valence-electron chi connectivity index (χ2n) is 5.42. The maximum absolute atomic E-state index is 13.7. The molecule has 1 amide bonds. The van der Waals surface area contributed by atoms with Crippen LogP contribution in [0, 0.1) is 5.82 Å². The summed E-state index contributed by atoms with van der Waals surface area (Å²) in [5.41, 5.74) is 6.04. The SMILES string of the molecule is Nc1n[nH]c(CCC(=O)NCc2cccnc2Oc2ccccc2F)n1. The fraction of sp³-hybridized carbons (Fsp3) is 0.176. The van der Waals surface area contributed by atoms with Gasteiger partial charge in [-0.05, 0) is 18.2 Å². The van der Waals surface area contributed by atoms with Crippen LogP contribution in [0.5, 0.6) is 11.6 Å². The Hall–Kier alpha value is -3.49. The molecule has 26 heavy (non-hydrogen) atoms. The van der Waals surface area contributed by atoms with E-state index in [9.17, 15) is 9.18 Å². The van der Waals surface area contributed by atoms with Gasteiger partial charge in [-0.25, -0.2) is 9.37 Å². The molecular formula is C17H17FN6O2. The molecule has 0 saturated heterocycles. The number of aryl methyl sites for hydroxylation is 1. The molecule has 4 N–H and O–H groups in total. The van der Waals surface area contributed by atoms with Gasteiger partial charge in [-0.1, -0.05) is 18.2 Å². The first-order valence-corrected chi connectivity index (χ1v) is 7.91. The molecule has 0 radical (unpaired) electrons. The number of carbonyl (C=O) groups is 1. The molecule has 3 rings (SSSR count). The van der Waals surface area contributed by atoms with Crippen molar-refractivity contribution in [3.63, 3.8) is 0 Å². The number of aromatic amines is 1. The van der Waals surface area contributed by atoms with Gasteiger partial charge in [-0.3, -0.25) is 9.89 Å². The van der Waals surface area contributed by atoms with Crippen molar-refractivity contribution in [1.82, 2.24) is 25.5 Å². The van der Waals surface area contributed by atoms with Gasteiger partial charge in [-0.2, -0.15) is 4.98 Å². The van der Waals surface area contributed by atoms with Gasteiger partial charge >= 0.3 is 0 Å². The highest BCUT2D eigenvalue weighted by atomic mass is 19.1. The van der Waals surface area contributed by atoms with Gasteiger partial charge in [0.05, 0.1) is 0 Å². The highest BCUT2D eigenvalue weighted by Gasteiger charge is 2.11. The number of H-pyrrole nitrogens is 1. The Kier molecular flexibility index (Phi) is 5.37. The minimum Gasteiger partial charge on any atom is -0.436 e. The van der Waals surface area contributed by atoms with Crippen LogP contribution in [0.25, 0.3) is 0 Å². The van der Waals surface area contributed by atoms with E-state index in [2.05, 4.69) is 25.5 Å². The third-order valence-corrected chi connectivity index (χ3v) is 3.51. The second-order valence-corrected chi connectivity index (χ2v) is 5.42. The minimum atomic E-state index is -0.487. The van der Waals surface area contributed by atoms with Crippen molar-refractivity contribution in [3.05, 3.63) is 59.8 Å². The summed E-state index contributed by atoms with van der Waals surface area (Å²) in [6.07, 6.45) is 2.15. The fourth-order valence-corrected chi connectivity index (χ4v) is 2.22. The molecule has 0 unspecified atom stereocenters. The van der Waals surface area contributed by atoms with Crippen LogP contribution in [0.1, 0.15) is 17.8 Å². The summed E-state index contributed by atoms with van der Waals surface area (Å²) in [5.74, 6) is 0.330. The van der Waals surface area contributed by atoms with E-state index in [4.69, 9.17) is 10.5 Å². The highest BCUT2D eigenvalue weighted by Crippen LogP contribution is 2.25. The molecule has 0 aliphatic heterocycles. The summed E-state index contributed by atoms with van der Waals surface area (Å²) in [5, 5.41) is 9.12. The van der Waals surface area contributed by atoms with Crippen LogP contribution in [0.2, 0.25) is 0 Å². The lowest BCUT2D eigenvalue weighted by atomic mass is 10.2. The third-order valence-electron chi connectivity index (χ3n) is 3.51. The predicted molar refractivity (Wildman–Crippen MR) is 91.7 cm³/mol. The van der Waals surface area contributed by atoms with Crippen molar-refractivity contribution in [2.45, 2.75) is 19.4 Å². The monoisotopic (exact) mass is 356 g/mol. The number of ether oxygens (including phenoxy) is 1. The average Bonchev–Trinajstić information content (AvgIpc) is 3.06. The molecule has 0 aliphatic carbocycles. The van der Waals surface area contributed by atoms with E-state index in [1.165, 1.54) is 18.3 Å². The van der Waals surface area contributed by atoms with Gasteiger partial charge in [0.1, 0.15) is 5.82 Å². The van der Waals surface area contributed by atoms with E-state index in [1.807, 2.05) is 0 Å². The molecule has 1 aromatic carbocycles. The summed E-state index contributed by atoms with van der Waals surface area (Å²) >= 11 is 0. The smallest absolute Gasteiger partial charge is 0.239 e. The summed E-state index contributed by atoms with van der Waals surface area (Å²) in [4.78, 5) is 20.0. The molecule has 0 fully saturated rings. The number of halogens is 1. The van der Waals surface area contributed by atoms with Gasteiger partial charge in [0, 0.05) is 31.1 Å². The number of hydrogen-bond acceptors (Lipinski definition) is 6. The van der Waals surface area contributed by atoms with E-state index in [0.29, 0.717) is 17.8 Å². The number of para-hydroxylation sites is 1. The third kappa shape index (κ3) is 4.53. The number of nitrogens with one attached hydrogen (secondary N) is 2. The Morgan fingerprint density at radius 2 is 2.12 bits per heavy atom. The van der Waals surface area contributed by atoms with E-state index in [-0.39, 0.29) is 36.5 Å². The Balaban J connectivity index is 1.58. The van der Waals surface area contributed by atoms with E-state index >= 15 is 0 Å². The topological polar surface area (TPSA) is 119 Å². The summed E-state index contributed by atoms with van der Waals surface area (Å²) in [7, 11) is 0. The van der Waals surface area contributed by atoms with Crippen molar-refractivity contribution in [2.24, 2.45) is 0 Å². The number of nitrogen functional groups attached to an aromatic ring is 1. The normalized spacial score (nSPS) is 10.5. The lowest BCUT2D eigenvalue weighted by Crippen LogP contribution is -2.23. The van der Waals surface area contributed by atoms with E-state index in [0.717, 1.165) is 0 Å². The average molecular weight is 356 g/mol. The van der Waals surface area contributed by atoms with Crippen LogP contribution in [-0.2, 0) is 17.8 Å². The Morgan fingerprint density at radius 3 is 2.88 bits per heavy atom. The first kappa shape index (κ1) is 17.3. The molecule has 2 aromatic heterocycles. The summed E-state index contributed by atoms with van der Waals surface area (Å²) < 4.78 is 19.3. The lowest BCUT2D eigenvalue weighted by molar-refractivity contribution is -0.121. The van der Waals surface area contributed by atoms with Crippen molar-refractivity contribution in [3.8, 4) is 11.6 Å². The van der Waals surface area contributed by atoms with Crippen LogP contribution in [-0.4, -0.2) is 26.1 Å². The van der Waals surface area contributed by atoms with Crippen molar-refractivity contribution < 1.29 is 13.9 Å². The van der Waals surface area contributed by atoms with Gasteiger partial charge < -0.3 is 15.8 Å². The first-order chi connectivity index (χ1) is 12.6. The Bertz CT molecular complexity index is 898. The molecule has 0 spiro atoms. The summed E-state index contributed by atoms with van der Waals surface area (Å²) in [6, 6.07) is 9.52. The number of anilines is 1. The van der Waals surface area contributed by atoms with Crippen LogP contribution in [0.4, 0.5) is 10.3 Å². The molecule has 8 nitrogen and oxygen atoms in total. The largest absolute Gasteiger partial charge is 0.436 e. The number of nitrogens with zero attached hydrogens (tertiary/aromatic N) is 3. The molecule has 0 bridgehead atoms. The van der Waals surface area contributed by atoms with Crippen LogP contribution < -0.4 is 15.8 Å². The van der Waals surface area contributed by atoms with Crippen LogP contribution >= 0.6 is 0 Å². The number of pyridine rings is 1. The molecule has 9 heteroatoms. The molecule has 0 saturated carbocycles. The standard InChI is InChI=1S/C17H17FN6O2/c18-12-5-1-2-6-13(12)26-16-11(4-3-9-20-16)10-21-15(25)8-7-14-22-17(19)24-23-14/h1-6,9H,7-8,10H2,(H,21,25)(H3,19,22,23,24). The number of amides is 1.